The molecule has 0 bridgehead atoms. The molecule has 0 aliphatic heterocycles. The summed E-state index contributed by atoms with van der Waals surface area (Å²) in [7, 11) is -2.49. The molecule has 7 nitrogen and oxygen atoms in total. The van der Waals surface area contributed by atoms with Crippen molar-refractivity contribution in [2.24, 2.45) is 0 Å². The Balaban J connectivity index is 2.27. The van der Waals surface area contributed by atoms with E-state index in [1.54, 1.807) is 19.1 Å². The lowest BCUT2D eigenvalue weighted by Gasteiger charge is -2.31. The van der Waals surface area contributed by atoms with Gasteiger partial charge in [-0.05, 0) is 57.0 Å². The minimum Gasteiger partial charge on any atom is -0.352 e. The van der Waals surface area contributed by atoms with Gasteiger partial charge in [-0.3, -0.25) is 9.59 Å². The van der Waals surface area contributed by atoms with Crippen LogP contribution in [0.15, 0.2) is 57.9 Å². The maximum Gasteiger partial charge on any atom is 0.243 e. The quantitative estimate of drug-likeness (QED) is 0.500. The molecule has 2 aromatic rings. The third-order valence-electron chi connectivity index (χ3n) is 5.50. The van der Waals surface area contributed by atoms with Crippen LogP contribution in [-0.2, 0) is 26.2 Å². The molecule has 0 aromatic heterocycles. The average Bonchev–Trinajstić information content (AvgIpc) is 2.77. The number of likely N-dealkylation sites (N-methyl/N-ethyl adjacent to an activating group) is 1. The Kier molecular flexibility index (Phi) is 9.63. The van der Waals surface area contributed by atoms with Crippen molar-refractivity contribution in [3.63, 3.8) is 0 Å². The number of nitrogens with zero attached hydrogens (tertiary/aromatic N) is 2. The standard InChI is InChI=1S/C24H32BrN3O4S/c1-6-18(3)26-24(30)19(4)28(15-20-8-7-9-21(25)14-20)23(29)16-27(5)33(31,32)22-12-10-17(2)11-13-22/h7-14,18-19H,6,15-16H2,1-5H3,(H,26,30)/t18-,19+/m0/s1. The van der Waals surface area contributed by atoms with Gasteiger partial charge in [0.05, 0.1) is 11.4 Å². The summed E-state index contributed by atoms with van der Waals surface area (Å²) in [4.78, 5) is 27.6. The van der Waals surface area contributed by atoms with E-state index in [0.717, 1.165) is 26.3 Å². The van der Waals surface area contributed by atoms with E-state index >= 15 is 0 Å². The lowest BCUT2D eigenvalue weighted by atomic mass is 10.1. The third kappa shape index (κ3) is 7.38. The molecule has 0 saturated heterocycles. The molecule has 0 saturated carbocycles. The van der Waals surface area contributed by atoms with E-state index in [0.29, 0.717) is 0 Å². The molecule has 0 aliphatic carbocycles. The maximum atomic E-state index is 13.3. The molecule has 2 atom stereocenters. The zero-order valence-corrected chi connectivity index (χ0v) is 22.1. The minimum atomic E-state index is -3.86. The second-order valence-electron chi connectivity index (χ2n) is 8.22. The summed E-state index contributed by atoms with van der Waals surface area (Å²) in [5, 5.41) is 2.90. The van der Waals surface area contributed by atoms with E-state index < -0.39 is 22.0 Å². The lowest BCUT2D eigenvalue weighted by Crippen LogP contribution is -2.51. The molecule has 33 heavy (non-hydrogen) atoms. The van der Waals surface area contributed by atoms with Crippen molar-refractivity contribution >= 4 is 37.8 Å². The Morgan fingerprint density at radius 3 is 2.30 bits per heavy atom. The Morgan fingerprint density at radius 1 is 1.09 bits per heavy atom. The monoisotopic (exact) mass is 537 g/mol. The maximum absolute atomic E-state index is 13.3. The van der Waals surface area contributed by atoms with E-state index in [-0.39, 0.29) is 29.9 Å². The highest BCUT2D eigenvalue weighted by atomic mass is 79.9. The minimum absolute atomic E-state index is 0.0349. The van der Waals surface area contributed by atoms with Gasteiger partial charge < -0.3 is 10.2 Å². The van der Waals surface area contributed by atoms with E-state index in [9.17, 15) is 18.0 Å². The molecule has 2 amide bonds. The number of carbonyl (C=O) groups is 2. The number of rotatable bonds is 10. The number of aryl methyl sites for hydroxylation is 1. The summed E-state index contributed by atoms with van der Waals surface area (Å²) in [6, 6.07) is 13.1. The van der Waals surface area contributed by atoms with Crippen molar-refractivity contribution in [1.29, 1.82) is 0 Å². The number of sulfonamides is 1. The average molecular weight is 539 g/mol. The Hall–Kier alpha value is -2.23. The van der Waals surface area contributed by atoms with Crippen LogP contribution in [0.1, 0.15) is 38.3 Å². The number of halogens is 1. The zero-order valence-electron chi connectivity index (χ0n) is 19.7. The summed E-state index contributed by atoms with van der Waals surface area (Å²) in [6.07, 6.45) is 0.759. The van der Waals surface area contributed by atoms with Gasteiger partial charge in [-0.2, -0.15) is 4.31 Å². The first-order valence-electron chi connectivity index (χ1n) is 10.8. The molecule has 0 aliphatic rings. The number of carbonyl (C=O) groups excluding carboxylic acids is 2. The largest absolute Gasteiger partial charge is 0.352 e. The van der Waals surface area contributed by atoms with Crippen LogP contribution in [0, 0.1) is 6.92 Å². The predicted molar refractivity (Wildman–Crippen MR) is 133 cm³/mol. The van der Waals surface area contributed by atoms with Gasteiger partial charge in [0.2, 0.25) is 21.8 Å². The topological polar surface area (TPSA) is 86.8 Å². The van der Waals surface area contributed by atoms with Crippen LogP contribution in [0.4, 0.5) is 0 Å². The number of nitrogens with one attached hydrogen (secondary N) is 1. The van der Waals surface area contributed by atoms with Crippen LogP contribution in [0.5, 0.6) is 0 Å². The summed E-state index contributed by atoms with van der Waals surface area (Å²) in [6.45, 7) is 7.17. The van der Waals surface area contributed by atoms with Crippen molar-refractivity contribution in [3.8, 4) is 0 Å². The molecular formula is C24H32BrN3O4S. The van der Waals surface area contributed by atoms with Gasteiger partial charge in [-0.15, -0.1) is 0 Å². The molecule has 0 heterocycles. The van der Waals surface area contributed by atoms with Crippen LogP contribution in [0.3, 0.4) is 0 Å². The molecule has 9 heteroatoms. The molecule has 0 radical (unpaired) electrons. The van der Waals surface area contributed by atoms with Crippen molar-refractivity contribution in [1.82, 2.24) is 14.5 Å². The van der Waals surface area contributed by atoms with Crippen molar-refractivity contribution in [3.05, 3.63) is 64.1 Å². The molecular weight excluding hydrogens is 506 g/mol. The molecule has 0 spiro atoms. The second-order valence-corrected chi connectivity index (χ2v) is 11.2. The van der Waals surface area contributed by atoms with Gasteiger partial charge in [-0.25, -0.2) is 8.42 Å². The summed E-state index contributed by atoms with van der Waals surface area (Å²) < 4.78 is 27.8. The molecule has 1 N–H and O–H groups in total. The van der Waals surface area contributed by atoms with E-state index in [2.05, 4.69) is 21.2 Å². The van der Waals surface area contributed by atoms with E-state index in [4.69, 9.17) is 0 Å². The van der Waals surface area contributed by atoms with Gasteiger partial charge in [0.25, 0.3) is 0 Å². The van der Waals surface area contributed by atoms with E-state index in [1.165, 1.54) is 24.1 Å². The van der Waals surface area contributed by atoms with E-state index in [1.807, 2.05) is 45.0 Å². The first-order valence-corrected chi connectivity index (χ1v) is 13.1. The van der Waals surface area contributed by atoms with Crippen LogP contribution < -0.4 is 5.32 Å². The third-order valence-corrected chi connectivity index (χ3v) is 7.81. The highest BCUT2D eigenvalue weighted by Crippen LogP contribution is 2.18. The molecule has 0 fully saturated rings. The number of hydrogen-bond donors (Lipinski definition) is 1. The van der Waals surface area contributed by atoms with Crippen LogP contribution in [0.2, 0.25) is 0 Å². The lowest BCUT2D eigenvalue weighted by molar-refractivity contribution is -0.140. The van der Waals surface area contributed by atoms with Crippen LogP contribution in [0.25, 0.3) is 0 Å². The number of benzene rings is 2. The number of hydrogen-bond acceptors (Lipinski definition) is 4. The highest BCUT2D eigenvalue weighted by molar-refractivity contribution is 9.10. The zero-order chi connectivity index (χ0) is 24.8. The highest BCUT2D eigenvalue weighted by Gasteiger charge is 2.30. The summed E-state index contributed by atoms with van der Waals surface area (Å²) in [5.74, 6) is -0.739. The summed E-state index contributed by atoms with van der Waals surface area (Å²) >= 11 is 3.42. The first kappa shape index (κ1) is 27.0. The van der Waals surface area contributed by atoms with Gasteiger partial charge in [0.15, 0.2) is 0 Å². The fourth-order valence-corrected chi connectivity index (χ4v) is 4.70. The fourth-order valence-electron chi connectivity index (χ4n) is 3.14. The van der Waals surface area contributed by atoms with Gasteiger partial charge in [-0.1, -0.05) is 52.7 Å². The van der Waals surface area contributed by atoms with Crippen molar-refractivity contribution < 1.29 is 18.0 Å². The van der Waals surface area contributed by atoms with Crippen LogP contribution >= 0.6 is 15.9 Å². The second kappa shape index (κ2) is 11.8. The van der Waals surface area contributed by atoms with Crippen molar-refractivity contribution in [2.75, 3.05) is 13.6 Å². The number of amides is 2. The Morgan fingerprint density at radius 2 is 1.73 bits per heavy atom. The molecule has 180 valence electrons. The summed E-state index contributed by atoms with van der Waals surface area (Å²) in [5.41, 5.74) is 1.76. The molecule has 2 aromatic carbocycles. The smallest absolute Gasteiger partial charge is 0.243 e. The van der Waals surface area contributed by atoms with Gasteiger partial charge in [0, 0.05) is 24.1 Å². The Bertz CT molecular complexity index is 1070. The normalized spacial score (nSPS) is 13.4. The van der Waals surface area contributed by atoms with Crippen molar-refractivity contribution in [2.45, 2.75) is 57.6 Å². The molecule has 0 unspecified atom stereocenters. The SMILES string of the molecule is CC[C@H](C)NC(=O)[C@@H](C)N(Cc1cccc(Br)c1)C(=O)CN(C)S(=O)(=O)c1ccc(C)cc1. The van der Waals surface area contributed by atoms with Gasteiger partial charge in [0.1, 0.15) is 6.04 Å². The molecule has 2 rings (SSSR count). The van der Waals surface area contributed by atoms with Crippen LogP contribution in [-0.4, -0.2) is 55.1 Å². The Labute approximate surface area is 205 Å². The van der Waals surface area contributed by atoms with Gasteiger partial charge >= 0.3 is 0 Å². The predicted octanol–water partition coefficient (Wildman–Crippen LogP) is 3.71. The first-order chi connectivity index (χ1) is 15.4. The fraction of sp³-hybridized carbons (Fsp3) is 0.417.